The normalized spacial score (nSPS) is 11.6. The molecule has 4 nitrogen and oxygen atoms in total. The molecule has 7 heteroatoms. The van der Waals surface area contributed by atoms with Gasteiger partial charge in [0, 0.05) is 31.9 Å². The van der Waals surface area contributed by atoms with Gasteiger partial charge in [-0.25, -0.2) is 13.8 Å². The molecule has 0 amide bonds. The van der Waals surface area contributed by atoms with Gasteiger partial charge >= 0.3 is 0 Å². The third kappa shape index (κ3) is 5.28. The van der Waals surface area contributed by atoms with Gasteiger partial charge in [0.15, 0.2) is 17.6 Å². The van der Waals surface area contributed by atoms with Gasteiger partial charge in [-0.1, -0.05) is 12.1 Å². The number of aryl methyl sites for hydroxylation is 1. The average Bonchev–Trinajstić information content (AvgIpc) is 2.95. The van der Waals surface area contributed by atoms with E-state index in [9.17, 15) is 8.78 Å². The highest BCUT2D eigenvalue weighted by molar-refractivity contribution is 7.09. The molecule has 1 aromatic heterocycles. The maximum Gasteiger partial charge on any atom is 0.190 e. The van der Waals surface area contributed by atoms with Crippen molar-refractivity contribution in [1.82, 2.24) is 15.6 Å². The molecule has 0 fully saturated rings. The summed E-state index contributed by atoms with van der Waals surface area (Å²) in [5.74, 6) is -0.964. The molecule has 0 aliphatic carbocycles. The van der Waals surface area contributed by atoms with Crippen LogP contribution in [0, 0.1) is 18.6 Å². The summed E-state index contributed by atoms with van der Waals surface area (Å²) in [4.78, 5) is 8.50. The molecule has 0 spiro atoms. The largest absolute Gasteiger partial charge is 0.356 e. The van der Waals surface area contributed by atoms with Crippen LogP contribution in [0.5, 0.6) is 0 Å². The molecule has 2 aromatic rings. The zero-order valence-corrected chi connectivity index (χ0v) is 14.0. The Kier molecular flexibility index (Phi) is 6.46. The number of nitrogens with zero attached hydrogens (tertiary/aromatic N) is 2. The third-order valence-electron chi connectivity index (χ3n) is 3.28. The second-order valence-corrected chi connectivity index (χ2v) is 6.06. The minimum Gasteiger partial charge on any atom is -0.356 e. The second kappa shape index (κ2) is 8.57. The van der Waals surface area contributed by atoms with Gasteiger partial charge in [0.05, 0.1) is 10.7 Å². The van der Waals surface area contributed by atoms with Crippen molar-refractivity contribution in [2.75, 3.05) is 20.1 Å². The molecule has 0 unspecified atom stereocenters. The van der Waals surface area contributed by atoms with E-state index in [4.69, 9.17) is 0 Å². The fourth-order valence-electron chi connectivity index (χ4n) is 2.11. The Balaban J connectivity index is 1.73. The quantitative estimate of drug-likeness (QED) is 0.629. The van der Waals surface area contributed by atoms with Crippen molar-refractivity contribution in [3.05, 3.63) is 51.5 Å². The molecule has 0 saturated carbocycles. The molecule has 1 aromatic carbocycles. The van der Waals surface area contributed by atoms with Crippen molar-refractivity contribution >= 4 is 17.3 Å². The number of aromatic nitrogens is 1. The van der Waals surface area contributed by atoms with E-state index in [0.29, 0.717) is 31.0 Å². The van der Waals surface area contributed by atoms with Gasteiger partial charge in [0.25, 0.3) is 0 Å². The van der Waals surface area contributed by atoms with Gasteiger partial charge in [-0.05, 0) is 25.0 Å². The first-order valence-corrected chi connectivity index (χ1v) is 8.26. The first kappa shape index (κ1) is 17.3. The van der Waals surface area contributed by atoms with E-state index in [0.717, 1.165) is 23.2 Å². The van der Waals surface area contributed by atoms with Crippen molar-refractivity contribution in [1.29, 1.82) is 0 Å². The van der Waals surface area contributed by atoms with Crippen LogP contribution >= 0.6 is 11.3 Å². The van der Waals surface area contributed by atoms with Gasteiger partial charge in [-0.15, -0.1) is 11.3 Å². The van der Waals surface area contributed by atoms with Gasteiger partial charge in [0.1, 0.15) is 0 Å². The standard InChI is InChI=1S/C16H20F2N4S/c1-11-22-13(10-23-11)7-9-21-16(19-2)20-8-6-12-4-3-5-14(17)15(12)18/h3-5,10H,6-9H2,1-2H3,(H2,19,20,21). The lowest BCUT2D eigenvalue weighted by Crippen LogP contribution is -2.39. The van der Waals surface area contributed by atoms with Crippen molar-refractivity contribution in [3.63, 3.8) is 0 Å². The Morgan fingerprint density at radius 2 is 1.96 bits per heavy atom. The molecular weight excluding hydrogens is 318 g/mol. The topological polar surface area (TPSA) is 49.3 Å². The van der Waals surface area contributed by atoms with Crippen molar-refractivity contribution < 1.29 is 8.78 Å². The minimum atomic E-state index is -0.816. The summed E-state index contributed by atoms with van der Waals surface area (Å²) >= 11 is 1.63. The molecule has 0 saturated heterocycles. The molecule has 0 radical (unpaired) electrons. The number of halogens is 2. The molecule has 0 bridgehead atoms. The van der Waals surface area contributed by atoms with Crippen molar-refractivity contribution in [3.8, 4) is 0 Å². The van der Waals surface area contributed by atoms with E-state index >= 15 is 0 Å². The molecule has 1 heterocycles. The van der Waals surface area contributed by atoms with Crippen LogP contribution in [0.15, 0.2) is 28.6 Å². The molecule has 23 heavy (non-hydrogen) atoms. The first-order chi connectivity index (χ1) is 11.1. The highest BCUT2D eigenvalue weighted by Crippen LogP contribution is 2.11. The summed E-state index contributed by atoms with van der Waals surface area (Å²) in [7, 11) is 1.67. The van der Waals surface area contributed by atoms with E-state index in [1.54, 1.807) is 24.5 Å². The van der Waals surface area contributed by atoms with Crippen LogP contribution in [0.1, 0.15) is 16.3 Å². The fourth-order valence-corrected chi connectivity index (χ4v) is 2.76. The first-order valence-electron chi connectivity index (χ1n) is 7.38. The Bertz CT molecular complexity index is 670. The van der Waals surface area contributed by atoms with Crippen molar-refractivity contribution in [2.45, 2.75) is 19.8 Å². The summed E-state index contributed by atoms with van der Waals surface area (Å²) in [5, 5.41) is 9.36. The van der Waals surface area contributed by atoms with Crippen LogP contribution in [0.3, 0.4) is 0 Å². The van der Waals surface area contributed by atoms with Crippen LogP contribution in [-0.4, -0.2) is 31.1 Å². The molecule has 0 aliphatic heterocycles. The highest BCUT2D eigenvalue weighted by Gasteiger charge is 2.07. The molecule has 0 aliphatic rings. The predicted molar refractivity (Wildman–Crippen MR) is 90.0 cm³/mol. The Hall–Kier alpha value is -2.02. The lowest BCUT2D eigenvalue weighted by molar-refractivity contribution is 0.498. The van der Waals surface area contributed by atoms with E-state index in [1.165, 1.54) is 6.07 Å². The number of hydrogen-bond donors (Lipinski definition) is 2. The van der Waals surface area contributed by atoms with E-state index in [2.05, 4.69) is 20.6 Å². The molecule has 2 rings (SSSR count). The van der Waals surface area contributed by atoms with Gasteiger partial charge < -0.3 is 10.6 Å². The van der Waals surface area contributed by atoms with E-state index in [-0.39, 0.29) is 0 Å². The predicted octanol–water partition coefficient (Wildman–Crippen LogP) is 2.68. The fraction of sp³-hybridized carbons (Fsp3) is 0.375. The Morgan fingerprint density at radius 1 is 1.22 bits per heavy atom. The van der Waals surface area contributed by atoms with Gasteiger partial charge in [-0.3, -0.25) is 4.99 Å². The monoisotopic (exact) mass is 338 g/mol. The van der Waals surface area contributed by atoms with Crippen LogP contribution in [0.25, 0.3) is 0 Å². The minimum absolute atomic E-state index is 0.353. The number of thiazole rings is 1. The summed E-state index contributed by atoms with van der Waals surface area (Å²) in [6.07, 6.45) is 1.19. The molecule has 124 valence electrons. The summed E-state index contributed by atoms with van der Waals surface area (Å²) in [6.45, 7) is 3.15. The number of hydrogen-bond acceptors (Lipinski definition) is 3. The van der Waals surface area contributed by atoms with Gasteiger partial charge in [0.2, 0.25) is 0 Å². The summed E-state index contributed by atoms with van der Waals surface area (Å²) < 4.78 is 26.7. The highest BCUT2D eigenvalue weighted by atomic mass is 32.1. The lowest BCUT2D eigenvalue weighted by atomic mass is 10.1. The Morgan fingerprint density at radius 3 is 2.61 bits per heavy atom. The number of nitrogens with one attached hydrogen (secondary N) is 2. The van der Waals surface area contributed by atoms with Crippen LogP contribution in [0.2, 0.25) is 0 Å². The summed E-state index contributed by atoms with van der Waals surface area (Å²) in [6, 6.07) is 4.21. The number of aliphatic imine (C=N–C) groups is 1. The lowest BCUT2D eigenvalue weighted by Gasteiger charge is -2.11. The number of rotatable bonds is 6. The van der Waals surface area contributed by atoms with Gasteiger partial charge in [-0.2, -0.15) is 0 Å². The zero-order valence-electron chi connectivity index (χ0n) is 13.2. The van der Waals surface area contributed by atoms with Crippen LogP contribution in [0.4, 0.5) is 8.78 Å². The molecule has 2 N–H and O–H groups in total. The zero-order chi connectivity index (χ0) is 16.7. The van der Waals surface area contributed by atoms with Crippen molar-refractivity contribution in [2.24, 2.45) is 4.99 Å². The molecular formula is C16H20F2N4S. The SMILES string of the molecule is CN=C(NCCc1csc(C)n1)NCCc1cccc(F)c1F. The number of guanidine groups is 1. The Labute approximate surface area is 138 Å². The number of benzene rings is 1. The summed E-state index contributed by atoms with van der Waals surface area (Å²) in [5.41, 5.74) is 1.41. The van der Waals surface area contributed by atoms with Crippen LogP contribution < -0.4 is 10.6 Å². The van der Waals surface area contributed by atoms with Crippen LogP contribution in [-0.2, 0) is 12.8 Å². The second-order valence-electron chi connectivity index (χ2n) is 5.00. The average molecular weight is 338 g/mol. The third-order valence-corrected chi connectivity index (χ3v) is 4.10. The molecule has 0 atom stereocenters. The van der Waals surface area contributed by atoms with E-state index < -0.39 is 11.6 Å². The van der Waals surface area contributed by atoms with E-state index in [1.807, 2.05) is 12.3 Å². The maximum atomic E-state index is 13.5. The maximum absolute atomic E-state index is 13.5. The smallest absolute Gasteiger partial charge is 0.190 e.